The zero-order chi connectivity index (χ0) is 26.4. The number of nitrogens with one attached hydrogen (secondary N) is 1. The molecule has 0 unspecified atom stereocenters. The van der Waals surface area contributed by atoms with Crippen LogP contribution in [-0.2, 0) is 25.6 Å². The lowest BCUT2D eigenvalue weighted by Gasteiger charge is -2.26. The van der Waals surface area contributed by atoms with Crippen LogP contribution in [0.3, 0.4) is 0 Å². The first kappa shape index (κ1) is 25.5. The van der Waals surface area contributed by atoms with Crippen molar-refractivity contribution in [3.63, 3.8) is 0 Å². The molecule has 1 aliphatic rings. The van der Waals surface area contributed by atoms with Gasteiger partial charge in [0.1, 0.15) is 12.4 Å². The number of aromatic amines is 1. The molecule has 1 aliphatic heterocycles. The van der Waals surface area contributed by atoms with Crippen LogP contribution in [0.25, 0.3) is 0 Å². The number of rotatable bonds is 9. The number of anilines is 2. The maximum atomic E-state index is 13.1. The third kappa shape index (κ3) is 5.81. The maximum absolute atomic E-state index is 13.1. The molecular weight excluding hydrogens is 484 g/mol. The minimum atomic E-state index is -1.07. The molecule has 3 aromatic rings. The van der Waals surface area contributed by atoms with E-state index in [1.54, 1.807) is 48.5 Å². The predicted molar refractivity (Wildman–Crippen MR) is 133 cm³/mol. The Hall–Kier alpha value is -4.58. The number of esters is 1. The number of methoxy groups -OCH3 is 1. The van der Waals surface area contributed by atoms with Gasteiger partial charge in [-0.3, -0.25) is 24.0 Å². The minimum absolute atomic E-state index is 0.0484. The fourth-order valence-corrected chi connectivity index (χ4v) is 3.74. The summed E-state index contributed by atoms with van der Waals surface area (Å²) in [6, 6.07) is 15.8. The van der Waals surface area contributed by atoms with Gasteiger partial charge in [0, 0.05) is 13.7 Å². The Labute approximate surface area is 211 Å². The first-order valence-corrected chi connectivity index (χ1v) is 11.4. The number of fused-ring (bicyclic) bond motifs is 1. The molecule has 2 aromatic carbocycles. The summed E-state index contributed by atoms with van der Waals surface area (Å²) in [5.74, 6) is -0.901. The van der Waals surface area contributed by atoms with Crippen LogP contribution in [0, 0.1) is 0 Å². The van der Waals surface area contributed by atoms with Crippen LogP contribution in [0.4, 0.5) is 11.5 Å². The monoisotopic (exact) mass is 510 g/mol. The molecule has 12 nitrogen and oxygen atoms in total. The van der Waals surface area contributed by atoms with Crippen LogP contribution in [-0.4, -0.2) is 61.0 Å². The average Bonchev–Trinajstić information content (AvgIpc) is 2.91. The number of benzene rings is 2. The molecule has 0 fully saturated rings. The largest absolute Gasteiger partial charge is 0.485 e. The Bertz CT molecular complexity index is 1390. The van der Waals surface area contributed by atoms with Crippen LogP contribution in [0.2, 0.25) is 0 Å². The number of carbonyl (C=O) groups is 2. The summed E-state index contributed by atoms with van der Waals surface area (Å²) >= 11 is 0. The maximum Gasteiger partial charge on any atom is 0.351 e. The molecule has 3 N–H and O–H groups in total. The van der Waals surface area contributed by atoms with E-state index in [0.29, 0.717) is 11.5 Å². The summed E-state index contributed by atoms with van der Waals surface area (Å²) in [4.78, 5) is 54.2. The quantitative estimate of drug-likeness (QED) is 0.392. The molecule has 0 bridgehead atoms. The zero-order valence-corrected chi connectivity index (χ0v) is 20.0. The Morgan fingerprint density at radius 1 is 1.11 bits per heavy atom. The van der Waals surface area contributed by atoms with E-state index >= 15 is 0 Å². The number of nitrogens with two attached hydrogens (primary N) is 1. The van der Waals surface area contributed by atoms with E-state index in [9.17, 15) is 19.2 Å². The highest BCUT2D eigenvalue weighted by Crippen LogP contribution is 2.31. The van der Waals surface area contributed by atoms with Crippen molar-refractivity contribution < 1.29 is 28.5 Å². The number of nitrogens with zero attached hydrogens (tertiary/aromatic N) is 2. The number of amides is 1. The predicted octanol–water partition coefficient (Wildman–Crippen LogP) is 0.530. The summed E-state index contributed by atoms with van der Waals surface area (Å²) in [7, 11) is 1.42. The molecule has 0 aliphatic carbocycles. The Morgan fingerprint density at radius 3 is 2.54 bits per heavy atom. The van der Waals surface area contributed by atoms with Crippen molar-refractivity contribution in [3.05, 3.63) is 81.0 Å². The molecule has 1 aromatic heterocycles. The second kappa shape index (κ2) is 11.4. The second-order valence-electron chi connectivity index (χ2n) is 8.07. The molecule has 37 heavy (non-hydrogen) atoms. The molecule has 0 radical (unpaired) electrons. The standard InChI is InChI=1S/C25H26N4O8/c1-34-12-11-28(20(30)15-36-24(32)19-14-35-17-9-5-6-10-18(17)37-19)21-22(26)29(25(33)27-23(21)31)13-16-7-3-2-4-8-16/h2-10,19H,11-15,26H2,1H3,(H,27,31,33)/t19-/m0/s1. The summed E-state index contributed by atoms with van der Waals surface area (Å²) in [5.41, 5.74) is 5.15. The third-order valence-electron chi connectivity index (χ3n) is 5.60. The van der Waals surface area contributed by atoms with Crippen molar-refractivity contribution in [1.82, 2.24) is 9.55 Å². The number of H-pyrrole nitrogens is 1. The van der Waals surface area contributed by atoms with E-state index in [1.165, 1.54) is 7.11 Å². The molecule has 0 saturated carbocycles. The minimum Gasteiger partial charge on any atom is -0.485 e. The Balaban J connectivity index is 1.53. The number of hydrogen-bond acceptors (Lipinski definition) is 9. The van der Waals surface area contributed by atoms with E-state index in [0.717, 1.165) is 15.0 Å². The highest BCUT2D eigenvalue weighted by molar-refractivity contribution is 5.97. The third-order valence-corrected chi connectivity index (χ3v) is 5.60. The van der Waals surface area contributed by atoms with Crippen LogP contribution in [0.5, 0.6) is 11.5 Å². The van der Waals surface area contributed by atoms with E-state index in [1.807, 2.05) is 6.07 Å². The number of nitrogen functional groups attached to an aromatic ring is 1. The van der Waals surface area contributed by atoms with Gasteiger partial charge in [0.05, 0.1) is 13.2 Å². The van der Waals surface area contributed by atoms with E-state index < -0.39 is 35.8 Å². The number of para-hydroxylation sites is 2. The number of carbonyl (C=O) groups excluding carboxylic acids is 2. The SMILES string of the molecule is COCCN(C(=O)COC(=O)[C@@H]1COc2ccccc2O1)c1c(N)n(Cc2ccccc2)c(=O)[nH]c1=O. The van der Waals surface area contributed by atoms with Gasteiger partial charge in [-0.25, -0.2) is 9.59 Å². The van der Waals surface area contributed by atoms with Crippen molar-refractivity contribution in [2.75, 3.05) is 44.1 Å². The number of ether oxygens (including phenoxy) is 4. The lowest BCUT2D eigenvalue weighted by Crippen LogP contribution is -2.45. The van der Waals surface area contributed by atoms with Crippen molar-refractivity contribution in [1.29, 1.82) is 0 Å². The van der Waals surface area contributed by atoms with Crippen molar-refractivity contribution >= 4 is 23.4 Å². The lowest BCUT2D eigenvalue weighted by atomic mass is 10.2. The summed E-state index contributed by atoms with van der Waals surface area (Å²) in [6.07, 6.45) is -1.07. The lowest BCUT2D eigenvalue weighted by molar-refractivity contribution is -0.157. The molecular formula is C25H26N4O8. The molecule has 194 valence electrons. The van der Waals surface area contributed by atoms with Gasteiger partial charge in [0.15, 0.2) is 23.8 Å². The first-order valence-electron chi connectivity index (χ1n) is 11.4. The summed E-state index contributed by atoms with van der Waals surface area (Å²) < 4.78 is 22.5. The van der Waals surface area contributed by atoms with Gasteiger partial charge in [-0.15, -0.1) is 0 Å². The smallest absolute Gasteiger partial charge is 0.351 e. The van der Waals surface area contributed by atoms with Gasteiger partial charge in [-0.05, 0) is 17.7 Å². The fourth-order valence-electron chi connectivity index (χ4n) is 3.74. The Kier molecular flexibility index (Phi) is 7.89. The second-order valence-corrected chi connectivity index (χ2v) is 8.07. The summed E-state index contributed by atoms with van der Waals surface area (Å²) in [5, 5.41) is 0. The average molecular weight is 511 g/mol. The van der Waals surface area contributed by atoms with Crippen LogP contribution in [0.15, 0.2) is 64.2 Å². The molecule has 4 rings (SSSR count). The first-order chi connectivity index (χ1) is 17.9. The molecule has 1 atom stereocenters. The molecule has 12 heteroatoms. The van der Waals surface area contributed by atoms with Crippen LogP contribution < -0.4 is 31.4 Å². The molecule has 1 amide bonds. The van der Waals surface area contributed by atoms with Crippen LogP contribution in [0.1, 0.15) is 5.56 Å². The number of hydrogen-bond donors (Lipinski definition) is 2. The molecule has 2 heterocycles. The van der Waals surface area contributed by atoms with Crippen LogP contribution >= 0.6 is 0 Å². The van der Waals surface area contributed by atoms with Gasteiger partial charge >= 0.3 is 11.7 Å². The van der Waals surface area contributed by atoms with Crippen molar-refractivity contribution in [2.45, 2.75) is 12.6 Å². The van der Waals surface area contributed by atoms with E-state index in [-0.39, 0.29) is 37.8 Å². The van der Waals surface area contributed by atoms with Gasteiger partial charge in [-0.2, -0.15) is 0 Å². The van der Waals surface area contributed by atoms with Crippen molar-refractivity contribution in [2.24, 2.45) is 0 Å². The Morgan fingerprint density at radius 2 is 1.81 bits per heavy atom. The highest BCUT2D eigenvalue weighted by Gasteiger charge is 2.31. The van der Waals surface area contributed by atoms with Gasteiger partial charge < -0.3 is 24.7 Å². The fraction of sp³-hybridized carbons (Fsp3) is 0.280. The summed E-state index contributed by atoms with van der Waals surface area (Å²) in [6.45, 7) is -0.765. The molecule has 0 saturated heterocycles. The van der Waals surface area contributed by atoms with Gasteiger partial charge in [0.2, 0.25) is 6.10 Å². The van der Waals surface area contributed by atoms with E-state index in [2.05, 4.69) is 4.98 Å². The number of aromatic nitrogens is 2. The highest BCUT2D eigenvalue weighted by atomic mass is 16.6. The van der Waals surface area contributed by atoms with E-state index in [4.69, 9.17) is 24.7 Å². The zero-order valence-electron chi connectivity index (χ0n) is 20.0. The van der Waals surface area contributed by atoms with Gasteiger partial charge in [-0.1, -0.05) is 42.5 Å². The molecule has 0 spiro atoms. The van der Waals surface area contributed by atoms with Crippen molar-refractivity contribution in [3.8, 4) is 11.5 Å². The topological polar surface area (TPSA) is 155 Å². The van der Waals surface area contributed by atoms with Gasteiger partial charge in [0.25, 0.3) is 11.5 Å². The normalized spacial score (nSPS) is 14.1.